The lowest BCUT2D eigenvalue weighted by molar-refractivity contribution is -0.128. The van der Waals surface area contributed by atoms with Gasteiger partial charge in [-0.25, -0.2) is 9.37 Å². The highest BCUT2D eigenvalue weighted by Crippen LogP contribution is 2.42. The Bertz CT molecular complexity index is 1190. The first-order chi connectivity index (χ1) is 16.1. The van der Waals surface area contributed by atoms with Crippen LogP contribution in [-0.4, -0.2) is 50.1 Å². The molecule has 1 saturated carbocycles. The summed E-state index contributed by atoms with van der Waals surface area (Å²) in [5.41, 5.74) is 2.99. The third kappa shape index (κ3) is 3.41. The first-order valence-electron chi connectivity index (χ1n) is 11.9. The van der Waals surface area contributed by atoms with Crippen molar-refractivity contribution in [2.75, 3.05) is 24.5 Å². The van der Waals surface area contributed by atoms with Crippen LogP contribution >= 0.6 is 0 Å². The smallest absolute Gasteiger partial charge is 0.242 e. The fourth-order valence-electron chi connectivity index (χ4n) is 5.51. The fourth-order valence-corrected chi connectivity index (χ4v) is 5.51. The van der Waals surface area contributed by atoms with Gasteiger partial charge in [-0.2, -0.15) is 4.98 Å². The molecule has 1 unspecified atom stereocenters. The van der Waals surface area contributed by atoms with Crippen molar-refractivity contribution in [2.24, 2.45) is 0 Å². The molecular formula is C24H27FN6O2. The predicted octanol–water partition coefficient (Wildman–Crippen LogP) is 4.22. The van der Waals surface area contributed by atoms with Crippen LogP contribution in [0, 0.1) is 5.82 Å². The number of amides is 1. The van der Waals surface area contributed by atoms with Crippen molar-refractivity contribution < 1.29 is 13.7 Å². The molecule has 8 nitrogen and oxygen atoms in total. The molecule has 2 aliphatic heterocycles. The zero-order valence-electron chi connectivity index (χ0n) is 18.7. The van der Waals surface area contributed by atoms with E-state index >= 15 is 0 Å². The number of benzene rings is 1. The Kier molecular flexibility index (Phi) is 4.92. The van der Waals surface area contributed by atoms with Gasteiger partial charge in [0.2, 0.25) is 17.6 Å². The van der Waals surface area contributed by atoms with Crippen molar-refractivity contribution >= 4 is 11.6 Å². The summed E-state index contributed by atoms with van der Waals surface area (Å²) in [5, 5.41) is 4.25. The Morgan fingerprint density at radius 2 is 1.94 bits per heavy atom. The molecule has 3 aromatic rings. The van der Waals surface area contributed by atoms with Crippen molar-refractivity contribution in [1.82, 2.24) is 24.6 Å². The normalized spacial score (nSPS) is 20.4. The zero-order valence-corrected chi connectivity index (χ0v) is 18.7. The van der Waals surface area contributed by atoms with Gasteiger partial charge in [0.25, 0.3) is 0 Å². The summed E-state index contributed by atoms with van der Waals surface area (Å²) in [4.78, 5) is 26.2. The lowest BCUT2D eigenvalue weighted by Gasteiger charge is -2.38. The largest absolute Gasteiger partial charge is 0.352 e. The maximum Gasteiger partial charge on any atom is 0.242 e. The van der Waals surface area contributed by atoms with E-state index in [4.69, 9.17) is 4.52 Å². The quantitative estimate of drug-likeness (QED) is 0.592. The number of hydrogen-bond acceptors (Lipinski definition) is 6. The third-order valence-corrected chi connectivity index (χ3v) is 7.30. The second kappa shape index (κ2) is 7.97. The molecular weight excluding hydrogens is 423 g/mol. The van der Waals surface area contributed by atoms with E-state index in [2.05, 4.69) is 15.1 Å². The molecule has 1 atom stereocenters. The molecule has 2 fully saturated rings. The molecule has 3 aliphatic rings. The summed E-state index contributed by atoms with van der Waals surface area (Å²) in [6.45, 7) is 3.77. The van der Waals surface area contributed by atoms with Crippen molar-refractivity contribution in [3.05, 3.63) is 41.9 Å². The van der Waals surface area contributed by atoms with E-state index in [0.717, 1.165) is 50.2 Å². The highest BCUT2D eigenvalue weighted by molar-refractivity contribution is 5.84. The number of likely N-dealkylation sites (tertiary alicyclic amines) is 1. The Morgan fingerprint density at radius 1 is 1.15 bits per heavy atom. The van der Waals surface area contributed by atoms with E-state index in [1.54, 1.807) is 12.4 Å². The first-order valence-corrected chi connectivity index (χ1v) is 11.9. The number of rotatable bonds is 4. The number of hydrogen-bond donors (Lipinski definition) is 0. The van der Waals surface area contributed by atoms with Gasteiger partial charge in [-0.3, -0.25) is 9.36 Å². The molecule has 172 valence electrons. The van der Waals surface area contributed by atoms with Crippen molar-refractivity contribution in [3.8, 4) is 17.2 Å². The molecule has 9 heteroatoms. The van der Waals surface area contributed by atoms with Crippen LogP contribution in [0.3, 0.4) is 0 Å². The van der Waals surface area contributed by atoms with E-state index in [9.17, 15) is 9.18 Å². The van der Waals surface area contributed by atoms with Crippen LogP contribution < -0.4 is 4.90 Å². The van der Waals surface area contributed by atoms with Gasteiger partial charge >= 0.3 is 0 Å². The number of nitrogens with zero attached hydrogens (tertiary/aromatic N) is 6. The van der Waals surface area contributed by atoms with E-state index < -0.39 is 0 Å². The van der Waals surface area contributed by atoms with Gasteiger partial charge in [0.1, 0.15) is 17.8 Å². The minimum absolute atomic E-state index is 0.0622. The van der Waals surface area contributed by atoms with E-state index in [1.165, 1.54) is 25.0 Å². The maximum absolute atomic E-state index is 14.3. The Balaban J connectivity index is 1.39. The van der Waals surface area contributed by atoms with Crippen LogP contribution in [0.25, 0.3) is 17.2 Å². The van der Waals surface area contributed by atoms with Crippen LogP contribution in [0.2, 0.25) is 0 Å². The molecule has 1 amide bonds. The van der Waals surface area contributed by atoms with Crippen LogP contribution in [-0.2, 0) is 4.79 Å². The van der Waals surface area contributed by atoms with Crippen LogP contribution in [0.5, 0.6) is 0 Å². The molecule has 1 aromatic carbocycles. The van der Waals surface area contributed by atoms with E-state index in [-0.39, 0.29) is 24.3 Å². The maximum atomic E-state index is 14.3. The highest BCUT2D eigenvalue weighted by Gasteiger charge is 2.35. The zero-order chi connectivity index (χ0) is 22.5. The number of anilines is 1. The summed E-state index contributed by atoms with van der Waals surface area (Å²) >= 11 is 0. The monoisotopic (exact) mass is 450 g/mol. The molecule has 33 heavy (non-hydrogen) atoms. The lowest BCUT2D eigenvalue weighted by Crippen LogP contribution is -2.42. The van der Waals surface area contributed by atoms with E-state index in [1.807, 2.05) is 21.3 Å². The number of halogens is 1. The van der Waals surface area contributed by atoms with Gasteiger partial charge < -0.3 is 14.3 Å². The average molecular weight is 451 g/mol. The minimum Gasteiger partial charge on any atom is -0.352 e. The van der Waals surface area contributed by atoms with Crippen LogP contribution in [0.15, 0.2) is 29.0 Å². The van der Waals surface area contributed by atoms with Gasteiger partial charge in [0.15, 0.2) is 0 Å². The average Bonchev–Trinajstić information content (AvgIpc) is 3.62. The second-order valence-electron chi connectivity index (χ2n) is 9.31. The molecule has 1 saturated heterocycles. The van der Waals surface area contributed by atoms with Gasteiger partial charge in [-0.1, -0.05) is 18.0 Å². The van der Waals surface area contributed by atoms with Gasteiger partial charge in [0.05, 0.1) is 29.7 Å². The number of fused-ring (bicyclic) bond motifs is 3. The Labute approximate surface area is 191 Å². The first kappa shape index (κ1) is 20.4. The fraction of sp³-hybridized carbons (Fsp3) is 0.500. The molecule has 2 aromatic heterocycles. The molecule has 0 N–H and O–H groups in total. The minimum atomic E-state index is -0.331. The Morgan fingerprint density at radius 3 is 2.73 bits per heavy atom. The third-order valence-electron chi connectivity index (χ3n) is 7.30. The number of aromatic nitrogens is 4. The van der Waals surface area contributed by atoms with Crippen molar-refractivity contribution in [2.45, 2.75) is 57.4 Å². The second-order valence-corrected chi connectivity index (χ2v) is 9.31. The van der Waals surface area contributed by atoms with Crippen molar-refractivity contribution in [3.63, 3.8) is 0 Å². The van der Waals surface area contributed by atoms with Crippen molar-refractivity contribution in [1.29, 1.82) is 0 Å². The molecule has 0 spiro atoms. The van der Waals surface area contributed by atoms with Gasteiger partial charge in [0, 0.05) is 19.0 Å². The predicted molar refractivity (Wildman–Crippen MR) is 120 cm³/mol. The lowest BCUT2D eigenvalue weighted by atomic mass is 10.0. The van der Waals surface area contributed by atoms with Gasteiger partial charge in [-0.15, -0.1) is 0 Å². The summed E-state index contributed by atoms with van der Waals surface area (Å²) < 4.78 is 21.8. The van der Waals surface area contributed by atoms with Gasteiger partial charge in [-0.05, 0) is 50.8 Å². The number of imidazole rings is 1. The Hall–Kier alpha value is -3.23. The van der Waals surface area contributed by atoms with Crippen LogP contribution in [0.4, 0.5) is 10.1 Å². The molecule has 1 aliphatic carbocycles. The standard InChI is InChI=1S/C24H27FN6O2/c1-15-22-21(23-27-24(33-28-23)16-6-2-3-7-16)26-14-31(22)18-9-8-17(25)12-19(18)30(15)13-20(32)29-10-4-5-11-29/h8-9,12,14-16H,2-7,10-11,13H2,1H3. The molecule has 4 heterocycles. The summed E-state index contributed by atoms with van der Waals surface area (Å²) in [5.74, 6) is 1.19. The topological polar surface area (TPSA) is 80.3 Å². The molecule has 0 radical (unpaired) electrons. The van der Waals surface area contributed by atoms with Crippen LogP contribution in [0.1, 0.15) is 69.0 Å². The molecule has 0 bridgehead atoms. The van der Waals surface area contributed by atoms with E-state index in [0.29, 0.717) is 29.0 Å². The summed E-state index contributed by atoms with van der Waals surface area (Å²) in [6, 6.07) is 4.44. The number of carbonyl (C=O) groups excluding carboxylic acids is 1. The molecule has 6 rings (SSSR count). The summed E-state index contributed by atoms with van der Waals surface area (Å²) in [7, 11) is 0. The SMILES string of the molecule is CC1c2c(-c3noc(C4CCCC4)n3)ncn2-c2ccc(F)cc2N1CC(=O)N1CCCC1. The number of carbonyl (C=O) groups is 1. The summed E-state index contributed by atoms with van der Waals surface area (Å²) in [6.07, 6.45) is 8.31. The highest BCUT2D eigenvalue weighted by atomic mass is 19.1.